The molecule has 4 rings (SSSR count). The molecule has 0 radical (unpaired) electrons. The molecule has 0 atom stereocenters. The monoisotopic (exact) mass is 525 g/mol. The summed E-state index contributed by atoms with van der Waals surface area (Å²) >= 11 is 13.4. The number of ether oxygens (including phenoxy) is 1. The van der Waals surface area contributed by atoms with Gasteiger partial charge in [-0.05, 0) is 55.3 Å². The number of rotatable bonds is 6. The number of sulfonamides is 1. The number of piperidine rings is 1. The van der Waals surface area contributed by atoms with Gasteiger partial charge in [0.25, 0.3) is 0 Å². The number of thiazole rings is 1. The lowest BCUT2D eigenvalue weighted by Gasteiger charge is -2.30. The topological polar surface area (TPSA) is 88.6 Å². The second kappa shape index (κ2) is 9.99. The van der Waals surface area contributed by atoms with Crippen molar-refractivity contribution in [2.75, 3.05) is 25.5 Å². The van der Waals surface area contributed by atoms with Gasteiger partial charge in [0.1, 0.15) is 5.75 Å². The summed E-state index contributed by atoms with van der Waals surface area (Å²) < 4.78 is 32.2. The van der Waals surface area contributed by atoms with E-state index in [0.717, 1.165) is 5.56 Å². The van der Waals surface area contributed by atoms with Crippen LogP contribution in [0.25, 0.3) is 11.3 Å². The maximum Gasteiger partial charge on any atom is 0.243 e. The number of carbonyl (C=O) groups is 1. The first-order chi connectivity index (χ1) is 15.8. The summed E-state index contributed by atoms with van der Waals surface area (Å²) in [7, 11) is -2.06. The summed E-state index contributed by atoms with van der Waals surface area (Å²) in [5.41, 5.74) is 1.52. The van der Waals surface area contributed by atoms with Crippen LogP contribution in [0.5, 0.6) is 5.75 Å². The molecule has 0 saturated carbocycles. The Bertz CT molecular complexity index is 1250. The highest BCUT2D eigenvalue weighted by Gasteiger charge is 2.32. The van der Waals surface area contributed by atoms with E-state index in [1.807, 2.05) is 11.4 Å². The third-order valence-corrected chi connectivity index (χ3v) is 8.68. The van der Waals surface area contributed by atoms with Crippen molar-refractivity contribution in [1.29, 1.82) is 0 Å². The standard InChI is InChI=1S/C22H21Cl2N3O4S2/c1-31-20-7-2-15(12-18(20)24)19-13-32-22(25-19)26-21(28)14-8-10-27(11-9-14)33(29,30)17-5-3-16(23)4-6-17/h2-7,12-14H,8-11H2,1H3,(H,25,26,28). The molecule has 1 aliphatic heterocycles. The Kier molecular flexibility index (Phi) is 7.25. The predicted molar refractivity (Wildman–Crippen MR) is 131 cm³/mol. The number of aromatic nitrogens is 1. The molecule has 0 bridgehead atoms. The van der Waals surface area contributed by atoms with Crippen LogP contribution in [-0.2, 0) is 14.8 Å². The van der Waals surface area contributed by atoms with Gasteiger partial charge >= 0.3 is 0 Å². The van der Waals surface area contributed by atoms with Gasteiger partial charge in [0.15, 0.2) is 5.13 Å². The van der Waals surface area contributed by atoms with Crippen LogP contribution in [0.4, 0.5) is 5.13 Å². The number of benzene rings is 2. The molecule has 1 amide bonds. The number of nitrogens with one attached hydrogen (secondary N) is 1. The van der Waals surface area contributed by atoms with E-state index in [-0.39, 0.29) is 29.8 Å². The lowest BCUT2D eigenvalue weighted by molar-refractivity contribution is -0.120. The Labute approximate surface area is 206 Å². The number of nitrogens with zero attached hydrogens (tertiary/aromatic N) is 2. The highest BCUT2D eigenvalue weighted by molar-refractivity contribution is 7.89. The first kappa shape index (κ1) is 24.0. The number of halogens is 2. The van der Waals surface area contributed by atoms with Gasteiger partial charge in [0.05, 0.1) is 22.7 Å². The molecule has 1 aliphatic rings. The molecule has 7 nitrogen and oxygen atoms in total. The van der Waals surface area contributed by atoms with E-state index in [0.29, 0.717) is 39.5 Å². The van der Waals surface area contributed by atoms with Crippen molar-refractivity contribution < 1.29 is 17.9 Å². The van der Waals surface area contributed by atoms with Crippen LogP contribution < -0.4 is 10.1 Å². The second-order valence-electron chi connectivity index (χ2n) is 7.51. The summed E-state index contributed by atoms with van der Waals surface area (Å²) in [6.07, 6.45) is 0.871. The van der Waals surface area contributed by atoms with Crippen molar-refractivity contribution in [3.63, 3.8) is 0 Å². The lowest BCUT2D eigenvalue weighted by atomic mass is 9.97. The van der Waals surface area contributed by atoms with Gasteiger partial charge in [-0.15, -0.1) is 11.3 Å². The Balaban J connectivity index is 1.36. The average Bonchev–Trinajstić information content (AvgIpc) is 3.28. The van der Waals surface area contributed by atoms with E-state index >= 15 is 0 Å². The highest BCUT2D eigenvalue weighted by atomic mass is 35.5. The van der Waals surface area contributed by atoms with Gasteiger partial charge in [0.2, 0.25) is 15.9 Å². The van der Waals surface area contributed by atoms with Crippen molar-refractivity contribution in [3.05, 3.63) is 57.9 Å². The van der Waals surface area contributed by atoms with Gasteiger partial charge in [-0.2, -0.15) is 4.31 Å². The van der Waals surface area contributed by atoms with Crippen molar-refractivity contribution in [1.82, 2.24) is 9.29 Å². The Hall–Kier alpha value is -2.17. The lowest BCUT2D eigenvalue weighted by Crippen LogP contribution is -2.41. The Morgan fingerprint density at radius 2 is 1.85 bits per heavy atom. The van der Waals surface area contributed by atoms with Crippen LogP contribution in [-0.4, -0.2) is 43.8 Å². The quantitative estimate of drug-likeness (QED) is 0.479. The molecule has 33 heavy (non-hydrogen) atoms. The molecule has 0 aliphatic carbocycles. The first-order valence-electron chi connectivity index (χ1n) is 10.1. The second-order valence-corrected chi connectivity index (χ2v) is 11.1. The fourth-order valence-corrected chi connectivity index (χ4v) is 6.19. The third-order valence-electron chi connectivity index (χ3n) is 5.46. The Morgan fingerprint density at radius 1 is 1.15 bits per heavy atom. The zero-order valence-electron chi connectivity index (χ0n) is 17.6. The first-order valence-corrected chi connectivity index (χ1v) is 13.2. The number of methoxy groups -OCH3 is 1. The molecular weight excluding hydrogens is 505 g/mol. The minimum atomic E-state index is -3.61. The van der Waals surface area contributed by atoms with Gasteiger partial charge in [-0.1, -0.05) is 23.2 Å². The van der Waals surface area contributed by atoms with Crippen LogP contribution in [0.2, 0.25) is 10.0 Å². The van der Waals surface area contributed by atoms with Gasteiger partial charge < -0.3 is 10.1 Å². The molecule has 11 heteroatoms. The molecule has 0 unspecified atom stereocenters. The summed E-state index contributed by atoms with van der Waals surface area (Å²) in [6, 6.07) is 11.5. The molecule has 1 fully saturated rings. The SMILES string of the molecule is COc1ccc(-c2csc(NC(=O)C3CCN(S(=O)(=O)c4ccc(Cl)cc4)CC3)n2)cc1Cl. The molecule has 1 saturated heterocycles. The zero-order chi connectivity index (χ0) is 23.6. The molecule has 0 spiro atoms. The van der Waals surface area contributed by atoms with Crippen LogP contribution >= 0.6 is 34.5 Å². The van der Waals surface area contributed by atoms with Crippen molar-refractivity contribution in [2.45, 2.75) is 17.7 Å². The van der Waals surface area contributed by atoms with E-state index < -0.39 is 10.0 Å². The number of amides is 1. The predicted octanol–water partition coefficient (Wildman–Crippen LogP) is 5.16. The minimum absolute atomic E-state index is 0.160. The number of hydrogen-bond donors (Lipinski definition) is 1. The molecule has 2 heterocycles. The molecule has 1 N–H and O–H groups in total. The molecule has 174 valence electrons. The normalized spacial score (nSPS) is 15.4. The van der Waals surface area contributed by atoms with E-state index in [4.69, 9.17) is 27.9 Å². The molecular formula is C22H21Cl2N3O4S2. The third kappa shape index (κ3) is 5.33. The number of anilines is 1. The summed E-state index contributed by atoms with van der Waals surface area (Å²) in [5.74, 6) is 0.130. The van der Waals surface area contributed by atoms with E-state index in [9.17, 15) is 13.2 Å². The van der Waals surface area contributed by atoms with E-state index in [1.54, 1.807) is 31.4 Å². The van der Waals surface area contributed by atoms with Gasteiger partial charge in [-0.25, -0.2) is 13.4 Å². The summed E-state index contributed by atoms with van der Waals surface area (Å²) in [6.45, 7) is 0.549. The Morgan fingerprint density at radius 3 is 2.48 bits per heavy atom. The maximum atomic E-state index is 12.8. The maximum absolute atomic E-state index is 12.8. The number of carbonyl (C=O) groups excluding carboxylic acids is 1. The van der Waals surface area contributed by atoms with Gasteiger partial charge in [-0.3, -0.25) is 4.79 Å². The molecule has 2 aromatic carbocycles. The van der Waals surface area contributed by atoms with Crippen molar-refractivity contribution in [3.8, 4) is 17.0 Å². The molecule has 3 aromatic rings. The van der Waals surface area contributed by atoms with Crippen LogP contribution in [0.15, 0.2) is 52.7 Å². The van der Waals surface area contributed by atoms with Crippen molar-refractivity contribution >= 4 is 55.6 Å². The number of hydrogen-bond acceptors (Lipinski definition) is 6. The van der Waals surface area contributed by atoms with Crippen LogP contribution in [0.3, 0.4) is 0 Å². The van der Waals surface area contributed by atoms with E-state index in [1.165, 1.54) is 27.8 Å². The zero-order valence-corrected chi connectivity index (χ0v) is 20.8. The van der Waals surface area contributed by atoms with E-state index in [2.05, 4.69) is 10.3 Å². The highest BCUT2D eigenvalue weighted by Crippen LogP contribution is 2.32. The average molecular weight is 526 g/mol. The molecule has 1 aromatic heterocycles. The fourth-order valence-electron chi connectivity index (χ4n) is 3.61. The fraction of sp³-hybridized carbons (Fsp3) is 0.273. The summed E-state index contributed by atoms with van der Waals surface area (Å²) in [5, 5.41) is 6.14. The van der Waals surface area contributed by atoms with Crippen LogP contribution in [0, 0.1) is 5.92 Å². The smallest absolute Gasteiger partial charge is 0.243 e. The minimum Gasteiger partial charge on any atom is -0.495 e. The largest absolute Gasteiger partial charge is 0.495 e. The van der Waals surface area contributed by atoms with Crippen molar-refractivity contribution in [2.24, 2.45) is 5.92 Å². The van der Waals surface area contributed by atoms with Crippen LogP contribution in [0.1, 0.15) is 12.8 Å². The summed E-state index contributed by atoms with van der Waals surface area (Å²) in [4.78, 5) is 17.4. The van der Waals surface area contributed by atoms with Gasteiger partial charge in [0, 0.05) is 35.0 Å².